The van der Waals surface area contributed by atoms with Crippen LogP contribution in [0.15, 0.2) is 40.9 Å². The largest absolute Gasteiger partial charge is 0.397 e. The van der Waals surface area contributed by atoms with Crippen molar-refractivity contribution < 1.29 is 0 Å². The Morgan fingerprint density at radius 1 is 1.22 bits per heavy atom. The molecular weight excluding hydrogens is 308 g/mol. The van der Waals surface area contributed by atoms with E-state index in [1.807, 2.05) is 25.1 Å². The lowest BCUT2D eigenvalue weighted by Gasteiger charge is -2.08. The molecule has 0 unspecified atom stereocenters. The van der Waals surface area contributed by atoms with Crippen LogP contribution in [-0.2, 0) is 0 Å². The molecule has 2 nitrogen and oxygen atoms in total. The normalized spacial score (nSPS) is 11.0. The van der Waals surface area contributed by atoms with Crippen LogP contribution in [-0.4, -0.2) is 4.98 Å². The number of nitrogen functional groups attached to an aromatic ring is 1. The third-order valence-electron chi connectivity index (χ3n) is 2.86. The molecule has 3 aromatic rings. The minimum Gasteiger partial charge on any atom is -0.397 e. The Morgan fingerprint density at radius 2 is 1.94 bits per heavy atom. The third kappa shape index (κ3) is 1.82. The van der Waals surface area contributed by atoms with Gasteiger partial charge in [0.15, 0.2) is 0 Å². The molecule has 0 aliphatic carbocycles. The number of nitrogens with zero attached hydrogens (tertiary/aromatic N) is 1. The highest BCUT2D eigenvalue weighted by molar-refractivity contribution is 9.10. The predicted octanol–water partition coefficient (Wildman–Crippen LogP) is 4.62. The minimum atomic E-state index is 0.749. The zero-order chi connectivity index (χ0) is 12.7. The molecule has 0 radical (unpaired) electrons. The lowest BCUT2D eigenvalue weighted by Crippen LogP contribution is -1.92. The van der Waals surface area contributed by atoms with Crippen LogP contribution >= 0.6 is 27.3 Å². The number of fused-ring (bicyclic) bond motifs is 1. The van der Waals surface area contributed by atoms with Crippen LogP contribution in [0.25, 0.3) is 21.3 Å². The van der Waals surface area contributed by atoms with E-state index >= 15 is 0 Å². The van der Waals surface area contributed by atoms with Crippen molar-refractivity contribution in [3.63, 3.8) is 0 Å². The molecule has 4 heteroatoms. The van der Waals surface area contributed by atoms with E-state index in [1.165, 1.54) is 0 Å². The fourth-order valence-electron chi connectivity index (χ4n) is 2.01. The van der Waals surface area contributed by atoms with Crippen LogP contribution in [0.3, 0.4) is 0 Å². The van der Waals surface area contributed by atoms with Gasteiger partial charge in [-0.25, -0.2) is 4.98 Å². The van der Waals surface area contributed by atoms with Crippen LogP contribution in [0.4, 0.5) is 5.69 Å². The minimum absolute atomic E-state index is 0.749. The molecule has 0 atom stereocenters. The summed E-state index contributed by atoms with van der Waals surface area (Å²) in [4.78, 5) is 4.50. The number of anilines is 1. The van der Waals surface area contributed by atoms with Gasteiger partial charge in [-0.2, -0.15) is 0 Å². The van der Waals surface area contributed by atoms with Crippen molar-refractivity contribution in [3.8, 4) is 11.1 Å². The van der Waals surface area contributed by atoms with Gasteiger partial charge < -0.3 is 5.73 Å². The molecule has 1 aromatic heterocycles. The van der Waals surface area contributed by atoms with Gasteiger partial charge >= 0.3 is 0 Å². The Morgan fingerprint density at radius 3 is 2.67 bits per heavy atom. The van der Waals surface area contributed by atoms with Crippen molar-refractivity contribution in [1.82, 2.24) is 4.98 Å². The maximum atomic E-state index is 6.21. The van der Waals surface area contributed by atoms with Crippen molar-refractivity contribution in [2.45, 2.75) is 6.92 Å². The summed E-state index contributed by atoms with van der Waals surface area (Å²) in [5.74, 6) is 0. The molecule has 90 valence electrons. The van der Waals surface area contributed by atoms with E-state index in [9.17, 15) is 0 Å². The number of hydrogen-bond acceptors (Lipinski definition) is 3. The number of nitrogens with two attached hydrogens (primary N) is 1. The van der Waals surface area contributed by atoms with Crippen LogP contribution in [0.1, 0.15) is 5.01 Å². The average Bonchev–Trinajstić information content (AvgIpc) is 2.76. The van der Waals surface area contributed by atoms with Crippen LogP contribution in [0.5, 0.6) is 0 Å². The molecule has 0 aliphatic rings. The van der Waals surface area contributed by atoms with E-state index in [0.717, 1.165) is 36.5 Å². The van der Waals surface area contributed by atoms with E-state index in [1.54, 1.807) is 11.3 Å². The predicted molar refractivity (Wildman–Crippen MR) is 81.9 cm³/mol. The first kappa shape index (κ1) is 11.7. The summed E-state index contributed by atoms with van der Waals surface area (Å²) in [5.41, 5.74) is 10.1. The van der Waals surface area contributed by atoms with E-state index in [0.29, 0.717) is 0 Å². The molecule has 0 bridgehead atoms. The van der Waals surface area contributed by atoms with Gasteiger partial charge in [-0.3, -0.25) is 0 Å². The molecule has 0 saturated heterocycles. The van der Waals surface area contributed by atoms with Gasteiger partial charge in [-0.1, -0.05) is 30.3 Å². The molecule has 0 saturated carbocycles. The van der Waals surface area contributed by atoms with Crippen LogP contribution < -0.4 is 5.73 Å². The van der Waals surface area contributed by atoms with Gasteiger partial charge in [0.2, 0.25) is 0 Å². The van der Waals surface area contributed by atoms with Crippen LogP contribution in [0, 0.1) is 6.92 Å². The Bertz CT molecular complexity index is 719. The smallest absolute Gasteiger partial charge is 0.0978 e. The quantitative estimate of drug-likeness (QED) is 0.665. The molecule has 0 fully saturated rings. The Balaban J connectivity index is 2.34. The first-order chi connectivity index (χ1) is 8.66. The summed E-state index contributed by atoms with van der Waals surface area (Å²) in [5, 5.41) is 1.05. The van der Waals surface area contributed by atoms with Crippen molar-refractivity contribution in [2.24, 2.45) is 0 Å². The number of hydrogen-bond donors (Lipinski definition) is 1. The van der Waals surface area contributed by atoms with E-state index in [4.69, 9.17) is 5.73 Å². The topological polar surface area (TPSA) is 38.9 Å². The molecule has 0 amide bonds. The lowest BCUT2D eigenvalue weighted by molar-refractivity contribution is 1.34. The number of thiazole rings is 1. The summed E-state index contributed by atoms with van der Waals surface area (Å²) in [7, 11) is 0. The Kier molecular flexibility index (Phi) is 2.84. The lowest BCUT2D eigenvalue weighted by atomic mass is 10.0. The number of aromatic nitrogens is 1. The molecular formula is C14H11BrN2S. The number of rotatable bonds is 1. The molecule has 0 spiro atoms. The molecule has 18 heavy (non-hydrogen) atoms. The van der Waals surface area contributed by atoms with E-state index in [-0.39, 0.29) is 0 Å². The number of halogens is 1. The third-order valence-corrected chi connectivity index (χ3v) is 4.58. The average molecular weight is 319 g/mol. The highest BCUT2D eigenvalue weighted by atomic mass is 79.9. The molecule has 1 heterocycles. The summed E-state index contributed by atoms with van der Waals surface area (Å²) in [6.45, 7) is 2.01. The van der Waals surface area contributed by atoms with Crippen molar-refractivity contribution >= 4 is 43.2 Å². The standard InChI is InChI=1S/C14H11BrN2S/c1-8-17-14-11(18-8)7-10(13(16)12(14)15)9-5-3-2-4-6-9/h2-7H,16H2,1H3. The first-order valence-electron chi connectivity index (χ1n) is 5.57. The summed E-state index contributed by atoms with van der Waals surface area (Å²) in [6, 6.07) is 12.3. The molecule has 3 rings (SSSR count). The fourth-order valence-corrected chi connectivity index (χ4v) is 3.53. The summed E-state index contributed by atoms with van der Waals surface area (Å²) >= 11 is 5.25. The summed E-state index contributed by atoms with van der Waals surface area (Å²) in [6.07, 6.45) is 0. The van der Waals surface area contributed by atoms with Gasteiger partial charge in [-0.15, -0.1) is 11.3 Å². The van der Waals surface area contributed by atoms with Crippen LogP contribution in [0.2, 0.25) is 0 Å². The maximum Gasteiger partial charge on any atom is 0.0978 e. The molecule has 2 aromatic carbocycles. The molecule has 2 N–H and O–H groups in total. The van der Waals surface area contributed by atoms with Gasteiger partial charge in [0.25, 0.3) is 0 Å². The maximum absolute atomic E-state index is 6.21. The highest BCUT2D eigenvalue weighted by Crippen LogP contribution is 2.39. The SMILES string of the molecule is Cc1nc2c(Br)c(N)c(-c3ccccc3)cc2s1. The number of aryl methyl sites for hydroxylation is 1. The summed E-state index contributed by atoms with van der Waals surface area (Å²) < 4.78 is 2.05. The zero-order valence-corrected chi connectivity index (χ0v) is 12.2. The second-order valence-corrected chi connectivity index (χ2v) is 6.13. The van der Waals surface area contributed by atoms with Gasteiger partial charge in [0.1, 0.15) is 0 Å². The number of benzene rings is 2. The Labute approximate surface area is 118 Å². The monoisotopic (exact) mass is 318 g/mol. The van der Waals surface area contributed by atoms with Gasteiger partial charge in [0, 0.05) is 5.56 Å². The zero-order valence-electron chi connectivity index (χ0n) is 9.77. The second kappa shape index (κ2) is 4.37. The highest BCUT2D eigenvalue weighted by Gasteiger charge is 2.13. The van der Waals surface area contributed by atoms with Crippen molar-refractivity contribution in [2.75, 3.05) is 5.73 Å². The van der Waals surface area contributed by atoms with E-state index in [2.05, 4.69) is 39.1 Å². The van der Waals surface area contributed by atoms with Crippen molar-refractivity contribution in [3.05, 3.63) is 45.9 Å². The van der Waals surface area contributed by atoms with Gasteiger partial charge in [-0.05, 0) is 34.5 Å². The fraction of sp³-hybridized carbons (Fsp3) is 0.0714. The van der Waals surface area contributed by atoms with Crippen molar-refractivity contribution in [1.29, 1.82) is 0 Å². The van der Waals surface area contributed by atoms with E-state index < -0.39 is 0 Å². The molecule has 0 aliphatic heterocycles. The second-order valence-electron chi connectivity index (χ2n) is 4.10. The Hall–Kier alpha value is -1.39. The first-order valence-corrected chi connectivity index (χ1v) is 7.18. The van der Waals surface area contributed by atoms with Gasteiger partial charge in [0.05, 0.1) is 25.4 Å².